The second-order valence-corrected chi connectivity index (χ2v) is 2.48. The Morgan fingerprint density at radius 2 is 2.22 bits per heavy atom. The van der Waals surface area contributed by atoms with E-state index in [1.54, 1.807) is 0 Å². The molecule has 4 heteroatoms. The Kier molecular flexibility index (Phi) is 2.73. The minimum Gasteiger partial charge on any atom is -0.610 e. The maximum absolute atomic E-state index is 10.3. The number of carbonyl (C=O) groups excluding carboxylic acids is 1. The first-order valence-corrected chi connectivity index (χ1v) is 2.50. The van der Waals surface area contributed by atoms with Crippen LogP contribution >= 0.6 is 0 Å². The smallest absolute Gasteiger partial charge is 0.610 e. The molecule has 0 aliphatic carbocycles. The molecule has 0 aromatic rings. The number of nitrogens with zero attached hydrogens (tertiary/aromatic N) is 1. The van der Waals surface area contributed by atoms with Crippen LogP contribution in [0.1, 0.15) is 13.8 Å². The van der Waals surface area contributed by atoms with E-state index < -0.39 is 6.09 Å². The average molecular weight is 311 g/mol. The zero-order valence-corrected chi connectivity index (χ0v) is 7.44. The summed E-state index contributed by atoms with van der Waals surface area (Å²) < 4.78 is 4.56. The van der Waals surface area contributed by atoms with Crippen molar-refractivity contribution in [1.82, 2.24) is 0 Å². The van der Waals surface area contributed by atoms with Crippen molar-refractivity contribution in [3.8, 4) is 0 Å². The van der Waals surface area contributed by atoms with Gasteiger partial charge in [-0.3, -0.25) is 4.79 Å². The van der Waals surface area contributed by atoms with E-state index in [1.165, 1.54) is 0 Å². The summed E-state index contributed by atoms with van der Waals surface area (Å²) >= 11 is 0. The van der Waals surface area contributed by atoms with Crippen molar-refractivity contribution in [2.45, 2.75) is 19.4 Å². The number of ether oxygens (including phenoxy) is 1. The predicted octanol–water partition coefficient (Wildman–Crippen LogP) is 1.29. The second-order valence-electron chi connectivity index (χ2n) is 2.48. The van der Waals surface area contributed by atoms with Crippen LogP contribution in [0.2, 0.25) is 0 Å². The van der Waals surface area contributed by atoms with Gasteiger partial charge in [0.05, 0.1) is 6.61 Å². The van der Waals surface area contributed by atoms with Crippen LogP contribution in [0.5, 0.6) is 0 Å². The van der Waals surface area contributed by atoms with Crippen LogP contribution < -0.4 is 0 Å². The Balaban J connectivity index is 0.000000640. The van der Waals surface area contributed by atoms with Crippen LogP contribution in [0.3, 0.4) is 0 Å². The van der Waals surface area contributed by atoms with E-state index in [-0.39, 0.29) is 27.9 Å². The van der Waals surface area contributed by atoms with E-state index in [4.69, 9.17) is 0 Å². The first-order valence-electron chi connectivity index (χ1n) is 2.50. The minimum absolute atomic E-state index is 0. The summed E-state index contributed by atoms with van der Waals surface area (Å²) in [4.78, 5) is 10.3. The van der Waals surface area contributed by atoms with Crippen LogP contribution in [0.25, 0.3) is 5.32 Å². The largest absolute Gasteiger partial charge is 1.00 e. The fraction of sp³-hybridized carbons (Fsp3) is 0.800. The van der Waals surface area contributed by atoms with Crippen LogP contribution in [-0.2, 0) is 27.1 Å². The van der Waals surface area contributed by atoms with Crippen molar-refractivity contribution in [2.75, 3.05) is 6.61 Å². The maximum Gasteiger partial charge on any atom is 1.00 e. The SMILES string of the molecule is CC1(C)COC(=O)[N-]1.[Au+]. The van der Waals surface area contributed by atoms with Gasteiger partial charge in [0, 0.05) is 0 Å². The third-order valence-corrected chi connectivity index (χ3v) is 0.943. The maximum atomic E-state index is 10.3. The molecule has 3 nitrogen and oxygen atoms in total. The molecular formula is C5H8AuNO2. The minimum atomic E-state index is -0.435. The summed E-state index contributed by atoms with van der Waals surface area (Å²) in [7, 11) is 0. The van der Waals surface area contributed by atoms with Gasteiger partial charge in [-0.15, -0.1) is 0 Å². The third-order valence-electron chi connectivity index (χ3n) is 0.943. The molecule has 56 valence electrons. The van der Waals surface area contributed by atoms with Gasteiger partial charge >= 0.3 is 22.4 Å². The first kappa shape index (κ1) is 9.01. The summed E-state index contributed by atoms with van der Waals surface area (Å²) in [6, 6.07) is 0. The van der Waals surface area contributed by atoms with Crippen molar-refractivity contribution >= 4 is 6.09 Å². The monoisotopic (exact) mass is 311 g/mol. The molecule has 1 heterocycles. The van der Waals surface area contributed by atoms with Gasteiger partial charge < -0.3 is 10.1 Å². The van der Waals surface area contributed by atoms with Gasteiger partial charge in [0.25, 0.3) is 0 Å². The molecule has 1 fully saturated rings. The fourth-order valence-corrected chi connectivity index (χ4v) is 0.550. The van der Waals surface area contributed by atoms with Crippen molar-refractivity contribution in [2.24, 2.45) is 0 Å². The molecule has 1 aliphatic heterocycles. The normalized spacial score (nSPS) is 21.8. The van der Waals surface area contributed by atoms with E-state index in [0.717, 1.165) is 0 Å². The molecule has 1 saturated heterocycles. The molecule has 1 rings (SSSR count). The predicted molar refractivity (Wildman–Crippen MR) is 28.8 cm³/mol. The summed E-state index contributed by atoms with van der Waals surface area (Å²) in [6.07, 6.45) is -0.435. The number of carbonyl (C=O) groups is 1. The van der Waals surface area contributed by atoms with Crippen LogP contribution in [-0.4, -0.2) is 18.2 Å². The molecule has 1 aliphatic rings. The van der Waals surface area contributed by atoms with E-state index in [0.29, 0.717) is 6.61 Å². The summed E-state index contributed by atoms with van der Waals surface area (Å²) in [5, 5.41) is 3.66. The number of amides is 1. The number of rotatable bonds is 0. The van der Waals surface area contributed by atoms with E-state index in [2.05, 4.69) is 10.1 Å². The molecular weight excluding hydrogens is 303 g/mol. The van der Waals surface area contributed by atoms with Gasteiger partial charge in [-0.25, -0.2) is 0 Å². The van der Waals surface area contributed by atoms with Crippen molar-refractivity contribution in [3.63, 3.8) is 0 Å². The van der Waals surface area contributed by atoms with Crippen molar-refractivity contribution in [3.05, 3.63) is 5.32 Å². The fourth-order valence-electron chi connectivity index (χ4n) is 0.550. The Hall–Kier alpha value is 0.0103. The quantitative estimate of drug-likeness (QED) is 0.633. The molecule has 0 spiro atoms. The van der Waals surface area contributed by atoms with Gasteiger partial charge in [0.15, 0.2) is 0 Å². The number of hydrogen-bond donors (Lipinski definition) is 0. The van der Waals surface area contributed by atoms with Crippen LogP contribution in [0.4, 0.5) is 4.79 Å². The van der Waals surface area contributed by atoms with Crippen molar-refractivity contribution in [1.29, 1.82) is 0 Å². The topological polar surface area (TPSA) is 40.4 Å². The molecule has 0 aromatic carbocycles. The Morgan fingerprint density at radius 1 is 1.67 bits per heavy atom. The molecule has 0 aromatic heterocycles. The summed E-state index contributed by atoms with van der Waals surface area (Å²) in [5.41, 5.74) is -0.281. The van der Waals surface area contributed by atoms with Gasteiger partial charge in [0.1, 0.15) is 0 Å². The standard InChI is InChI=1S/C5H9NO2.Au/c1-5(2)3-8-4(7)6-5;/h3H2,1-2H3,(H,6,7);/q;+1/p-1. The first-order chi connectivity index (χ1) is 3.60. The Labute approximate surface area is 69.7 Å². The second kappa shape index (κ2) is 2.73. The molecule has 0 saturated carbocycles. The van der Waals surface area contributed by atoms with Gasteiger partial charge in [-0.2, -0.15) is 0 Å². The molecule has 0 radical (unpaired) electrons. The van der Waals surface area contributed by atoms with Gasteiger partial charge in [-0.1, -0.05) is 19.4 Å². The number of hydrogen-bond acceptors (Lipinski definition) is 2. The van der Waals surface area contributed by atoms with E-state index in [1.807, 2.05) is 13.8 Å². The molecule has 0 N–H and O–H groups in total. The van der Waals surface area contributed by atoms with Gasteiger partial charge in [0.2, 0.25) is 6.09 Å². The summed E-state index contributed by atoms with van der Waals surface area (Å²) in [5.74, 6) is 0. The van der Waals surface area contributed by atoms with Crippen LogP contribution in [0, 0.1) is 0 Å². The zero-order valence-electron chi connectivity index (χ0n) is 5.27. The molecule has 0 unspecified atom stereocenters. The molecule has 1 amide bonds. The third kappa shape index (κ3) is 2.39. The summed E-state index contributed by atoms with van der Waals surface area (Å²) in [6.45, 7) is 4.14. The molecule has 9 heavy (non-hydrogen) atoms. The van der Waals surface area contributed by atoms with Crippen LogP contribution in [0.15, 0.2) is 0 Å². The average Bonchev–Trinajstić information content (AvgIpc) is 1.82. The molecule has 0 bridgehead atoms. The Bertz CT molecular complexity index is 124. The molecule has 0 atom stereocenters. The van der Waals surface area contributed by atoms with Gasteiger partial charge in [-0.05, 0) is 0 Å². The van der Waals surface area contributed by atoms with Crippen molar-refractivity contribution < 1.29 is 31.9 Å². The zero-order chi connectivity index (χ0) is 6.20. The van der Waals surface area contributed by atoms with E-state index in [9.17, 15) is 4.79 Å². The number of cyclic esters (lactones) is 1. The van der Waals surface area contributed by atoms with E-state index >= 15 is 0 Å². The Morgan fingerprint density at radius 3 is 2.33 bits per heavy atom.